The normalized spacial score (nSPS) is 20.8. The van der Waals surface area contributed by atoms with Crippen LogP contribution in [0.15, 0.2) is 18.2 Å². The molecule has 1 aliphatic heterocycles. The van der Waals surface area contributed by atoms with Crippen molar-refractivity contribution in [2.45, 2.75) is 32.3 Å². The largest absolute Gasteiger partial charge is 0.442 e. The Morgan fingerprint density at radius 1 is 1.40 bits per heavy atom. The van der Waals surface area contributed by atoms with E-state index in [9.17, 15) is 9.59 Å². The Balaban J connectivity index is 1.71. The van der Waals surface area contributed by atoms with Crippen molar-refractivity contribution in [1.82, 2.24) is 5.32 Å². The highest BCUT2D eigenvalue weighted by atomic mass is 16.6. The molecular formula is C15H18N2O3. The summed E-state index contributed by atoms with van der Waals surface area (Å²) in [5, 5.41) is 2.68. The van der Waals surface area contributed by atoms with Crippen LogP contribution in [0.1, 0.15) is 24.5 Å². The van der Waals surface area contributed by atoms with E-state index in [4.69, 9.17) is 4.74 Å². The Labute approximate surface area is 117 Å². The van der Waals surface area contributed by atoms with E-state index in [1.54, 1.807) is 4.90 Å². The first kappa shape index (κ1) is 13.0. The first-order chi connectivity index (χ1) is 9.63. The Kier molecular flexibility index (Phi) is 3.34. The van der Waals surface area contributed by atoms with Crippen molar-refractivity contribution in [2.24, 2.45) is 0 Å². The van der Waals surface area contributed by atoms with Gasteiger partial charge in [-0.2, -0.15) is 0 Å². The van der Waals surface area contributed by atoms with Crippen molar-refractivity contribution in [3.8, 4) is 0 Å². The topological polar surface area (TPSA) is 58.6 Å². The molecule has 0 saturated carbocycles. The first-order valence-electron chi connectivity index (χ1n) is 6.98. The molecule has 1 aromatic carbocycles. The fourth-order valence-electron chi connectivity index (χ4n) is 2.82. The van der Waals surface area contributed by atoms with Crippen LogP contribution >= 0.6 is 0 Å². The molecule has 1 aromatic rings. The SMILES string of the molecule is CC(=O)NC[C@H]1CN(c2ccc3c(c2)CCC3)C(=O)O1. The highest BCUT2D eigenvalue weighted by molar-refractivity contribution is 5.90. The molecule has 106 valence electrons. The quantitative estimate of drug-likeness (QED) is 0.911. The fourth-order valence-corrected chi connectivity index (χ4v) is 2.82. The number of rotatable bonds is 3. The van der Waals surface area contributed by atoms with Crippen LogP contribution in [0.25, 0.3) is 0 Å². The second-order valence-electron chi connectivity index (χ2n) is 5.36. The minimum Gasteiger partial charge on any atom is -0.442 e. The Morgan fingerprint density at radius 3 is 3.00 bits per heavy atom. The molecule has 2 amide bonds. The van der Waals surface area contributed by atoms with Gasteiger partial charge < -0.3 is 10.1 Å². The van der Waals surface area contributed by atoms with E-state index in [1.807, 2.05) is 6.07 Å². The highest BCUT2D eigenvalue weighted by Crippen LogP contribution is 2.29. The average molecular weight is 274 g/mol. The second-order valence-corrected chi connectivity index (χ2v) is 5.36. The van der Waals surface area contributed by atoms with Crippen molar-refractivity contribution in [2.75, 3.05) is 18.0 Å². The Bertz CT molecular complexity index is 556. The zero-order chi connectivity index (χ0) is 14.1. The summed E-state index contributed by atoms with van der Waals surface area (Å²) in [5.74, 6) is -0.114. The number of cyclic esters (lactones) is 1. The molecule has 3 rings (SSSR count). The number of amides is 2. The number of aryl methyl sites for hydroxylation is 2. The van der Waals surface area contributed by atoms with Crippen molar-refractivity contribution in [1.29, 1.82) is 0 Å². The molecule has 2 aliphatic rings. The summed E-state index contributed by atoms with van der Waals surface area (Å²) < 4.78 is 5.27. The molecule has 20 heavy (non-hydrogen) atoms. The molecule has 0 spiro atoms. The fraction of sp³-hybridized carbons (Fsp3) is 0.467. The number of hydrogen-bond donors (Lipinski definition) is 1. The predicted molar refractivity (Wildman–Crippen MR) is 74.8 cm³/mol. The van der Waals surface area contributed by atoms with Gasteiger partial charge in [0, 0.05) is 12.6 Å². The average Bonchev–Trinajstić information content (AvgIpc) is 3.01. The van der Waals surface area contributed by atoms with Crippen LogP contribution in [0.2, 0.25) is 0 Å². The molecule has 5 nitrogen and oxygen atoms in total. The molecule has 1 saturated heterocycles. The van der Waals surface area contributed by atoms with Gasteiger partial charge >= 0.3 is 6.09 Å². The lowest BCUT2D eigenvalue weighted by Crippen LogP contribution is -2.33. The minimum atomic E-state index is -0.335. The summed E-state index contributed by atoms with van der Waals surface area (Å²) in [4.78, 5) is 24.5. The van der Waals surface area contributed by atoms with E-state index in [0.717, 1.165) is 18.5 Å². The lowest BCUT2D eigenvalue weighted by Gasteiger charge is -2.14. The summed E-state index contributed by atoms with van der Waals surface area (Å²) >= 11 is 0. The molecule has 1 atom stereocenters. The predicted octanol–water partition coefficient (Wildman–Crippen LogP) is 1.64. The highest BCUT2D eigenvalue weighted by Gasteiger charge is 2.32. The van der Waals surface area contributed by atoms with Crippen LogP contribution in [0.3, 0.4) is 0 Å². The van der Waals surface area contributed by atoms with Crippen LogP contribution in [-0.4, -0.2) is 31.2 Å². The number of nitrogens with zero attached hydrogens (tertiary/aromatic N) is 1. The van der Waals surface area contributed by atoms with E-state index in [2.05, 4.69) is 17.4 Å². The van der Waals surface area contributed by atoms with Gasteiger partial charge in [-0.1, -0.05) is 6.07 Å². The number of nitrogens with one attached hydrogen (secondary N) is 1. The number of benzene rings is 1. The zero-order valence-electron chi connectivity index (χ0n) is 11.5. The zero-order valence-corrected chi connectivity index (χ0v) is 11.5. The molecule has 0 bridgehead atoms. The molecule has 1 heterocycles. The van der Waals surface area contributed by atoms with Crippen LogP contribution in [0.4, 0.5) is 10.5 Å². The summed E-state index contributed by atoms with van der Waals surface area (Å²) in [7, 11) is 0. The Morgan fingerprint density at radius 2 is 2.20 bits per heavy atom. The maximum atomic E-state index is 11.9. The summed E-state index contributed by atoms with van der Waals surface area (Å²) in [6.45, 7) is 2.30. The molecule has 0 unspecified atom stereocenters. The van der Waals surface area contributed by atoms with Crippen LogP contribution in [0.5, 0.6) is 0 Å². The number of anilines is 1. The van der Waals surface area contributed by atoms with Crippen LogP contribution in [0, 0.1) is 0 Å². The third-order valence-electron chi connectivity index (χ3n) is 3.85. The number of fused-ring (bicyclic) bond motifs is 1. The van der Waals surface area contributed by atoms with E-state index in [0.29, 0.717) is 13.1 Å². The maximum Gasteiger partial charge on any atom is 0.414 e. The van der Waals surface area contributed by atoms with E-state index >= 15 is 0 Å². The van der Waals surface area contributed by atoms with E-state index in [1.165, 1.54) is 24.5 Å². The molecule has 1 fully saturated rings. The first-order valence-corrected chi connectivity index (χ1v) is 6.98. The van der Waals surface area contributed by atoms with Gasteiger partial charge in [0.15, 0.2) is 0 Å². The number of carbonyl (C=O) groups excluding carboxylic acids is 2. The summed E-state index contributed by atoms with van der Waals surface area (Å²) in [5.41, 5.74) is 3.61. The van der Waals surface area contributed by atoms with Crippen LogP contribution in [-0.2, 0) is 22.4 Å². The van der Waals surface area contributed by atoms with Gasteiger partial charge in [0.05, 0.1) is 13.1 Å². The van der Waals surface area contributed by atoms with Crippen molar-refractivity contribution in [3.63, 3.8) is 0 Å². The summed E-state index contributed by atoms with van der Waals surface area (Å²) in [6.07, 6.45) is 2.79. The van der Waals surface area contributed by atoms with Gasteiger partial charge in [0.25, 0.3) is 0 Å². The van der Waals surface area contributed by atoms with Gasteiger partial charge in [0.1, 0.15) is 6.10 Å². The van der Waals surface area contributed by atoms with Gasteiger partial charge in [0.2, 0.25) is 5.91 Å². The third kappa shape index (κ3) is 2.48. The molecule has 0 radical (unpaired) electrons. The van der Waals surface area contributed by atoms with E-state index < -0.39 is 0 Å². The molecule has 0 aromatic heterocycles. The molecular weight excluding hydrogens is 256 g/mol. The van der Waals surface area contributed by atoms with Gasteiger partial charge in [-0.3, -0.25) is 9.69 Å². The van der Waals surface area contributed by atoms with Gasteiger partial charge in [-0.25, -0.2) is 4.79 Å². The number of hydrogen-bond acceptors (Lipinski definition) is 3. The molecule has 1 aliphatic carbocycles. The summed E-state index contributed by atoms with van der Waals surface area (Å²) in [6, 6.07) is 6.17. The van der Waals surface area contributed by atoms with Gasteiger partial charge in [-0.05, 0) is 42.5 Å². The molecule has 1 N–H and O–H groups in total. The Hall–Kier alpha value is -2.04. The standard InChI is InChI=1S/C15H18N2O3/c1-10(18)16-8-14-9-17(15(19)20-14)13-6-5-11-3-2-4-12(11)7-13/h5-7,14H,2-4,8-9H2,1H3,(H,16,18)/t14-/m0/s1. The van der Waals surface area contributed by atoms with Crippen molar-refractivity contribution >= 4 is 17.7 Å². The van der Waals surface area contributed by atoms with Crippen LogP contribution < -0.4 is 10.2 Å². The second kappa shape index (κ2) is 5.15. The molecule has 5 heteroatoms. The lowest BCUT2D eigenvalue weighted by molar-refractivity contribution is -0.119. The monoisotopic (exact) mass is 274 g/mol. The van der Waals surface area contributed by atoms with Crippen molar-refractivity contribution < 1.29 is 14.3 Å². The van der Waals surface area contributed by atoms with E-state index in [-0.39, 0.29) is 18.1 Å². The maximum absolute atomic E-state index is 11.9. The minimum absolute atomic E-state index is 0.114. The third-order valence-corrected chi connectivity index (χ3v) is 3.85. The number of carbonyl (C=O) groups is 2. The van der Waals surface area contributed by atoms with Gasteiger partial charge in [-0.15, -0.1) is 0 Å². The smallest absolute Gasteiger partial charge is 0.414 e. The number of ether oxygens (including phenoxy) is 1. The lowest BCUT2D eigenvalue weighted by atomic mass is 10.1. The van der Waals surface area contributed by atoms with Crippen molar-refractivity contribution in [3.05, 3.63) is 29.3 Å².